The van der Waals surface area contributed by atoms with Gasteiger partial charge < -0.3 is 4.74 Å². The van der Waals surface area contributed by atoms with E-state index in [0.29, 0.717) is 18.3 Å². The fraction of sp³-hybridized carbons (Fsp3) is 0.375. The number of unbranched alkanes of at least 4 members (excludes halogenated alkanes) is 1. The van der Waals surface area contributed by atoms with E-state index in [1.54, 1.807) is 6.20 Å². The van der Waals surface area contributed by atoms with Crippen molar-refractivity contribution in [2.24, 2.45) is 11.8 Å². The first-order valence-electron chi connectivity index (χ1n) is 10.2. The molecule has 0 radical (unpaired) electrons. The van der Waals surface area contributed by atoms with Crippen LogP contribution in [0.3, 0.4) is 0 Å². The van der Waals surface area contributed by atoms with Gasteiger partial charge in [-0.15, -0.1) is 0 Å². The van der Waals surface area contributed by atoms with Crippen molar-refractivity contribution >= 4 is 16.7 Å². The van der Waals surface area contributed by atoms with Crippen molar-refractivity contribution in [1.82, 2.24) is 9.97 Å². The van der Waals surface area contributed by atoms with Gasteiger partial charge in [-0.3, -0.25) is 9.78 Å². The third-order valence-corrected chi connectivity index (χ3v) is 5.66. The molecule has 2 aromatic heterocycles. The van der Waals surface area contributed by atoms with Crippen LogP contribution in [-0.2, 0) is 13.0 Å². The van der Waals surface area contributed by atoms with Crippen LogP contribution in [0.5, 0.6) is 5.75 Å². The van der Waals surface area contributed by atoms with Crippen molar-refractivity contribution < 1.29 is 9.53 Å². The first-order chi connectivity index (χ1) is 13.7. The third-order valence-electron chi connectivity index (χ3n) is 5.66. The summed E-state index contributed by atoms with van der Waals surface area (Å²) in [6.45, 7) is 4.69. The molecule has 144 valence electrons. The van der Waals surface area contributed by atoms with E-state index < -0.39 is 0 Å². The molecule has 0 spiro atoms. The lowest BCUT2D eigenvalue weighted by molar-refractivity contribution is 0.0846. The summed E-state index contributed by atoms with van der Waals surface area (Å²) in [4.78, 5) is 22.2. The number of aromatic nitrogens is 2. The van der Waals surface area contributed by atoms with Crippen LogP contribution in [-0.4, -0.2) is 15.8 Å². The van der Waals surface area contributed by atoms with Crippen LogP contribution in [0, 0.1) is 11.8 Å². The second-order valence-corrected chi connectivity index (χ2v) is 7.74. The minimum Gasteiger partial charge on any atom is -0.486 e. The lowest BCUT2D eigenvalue weighted by Crippen LogP contribution is -2.30. The molecule has 0 unspecified atom stereocenters. The summed E-state index contributed by atoms with van der Waals surface area (Å²) in [7, 11) is 0. The summed E-state index contributed by atoms with van der Waals surface area (Å²) in [5, 5.41) is 1.11. The number of pyridine rings is 2. The minimum absolute atomic E-state index is 0.103. The zero-order valence-electron chi connectivity index (χ0n) is 16.5. The highest BCUT2D eigenvalue weighted by Crippen LogP contribution is 2.33. The van der Waals surface area contributed by atoms with Crippen molar-refractivity contribution in [3.05, 3.63) is 65.6 Å². The Balaban J connectivity index is 1.50. The molecule has 0 bridgehead atoms. The Hall–Kier alpha value is -2.75. The maximum Gasteiger partial charge on any atom is 0.168 e. The predicted molar refractivity (Wildman–Crippen MR) is 111 cm³/mol. The average Bonchev–Trinajstić information content (AvgIpc) is 2.72. The number of hydrogen-bond acceptors (Lipinski definition) is 4. The fourth-order valence-corrected chi connectivity index (χ4v) is 4.02. The highest BCUT2D eigenvalue weighted by molar-refractivity contribution is 6.00. The Labute approximate surface area is 166 Å². The summed E-state index contributed by atoms with van der Waals surface area (Å²) >= 11 is 0. The van der Waals surface area contributed by atoms with Crippen LogP contribution in [0.1, 0.15) is 54.9 Å². The molecular formula is C24H26N2O2. The molecule has 4 nitrogen and oxygen atoms in total. The molecule has 3 aromatic rings. The number of fused-ring (bicyclic) bond motifs is 2. The van der Waals surface area contributed by atoms with Crippen LogP contribution < -0.4 is 4.74 Å². The van der Waals surface area contributed by atoms with E-state index in [4.69, 9.17) is 4.74 Å². The van der Waals surface area contributed by atoms with E-state index in [-0.39, 0.29) is 11.7 Å². The Bertz CT molecular complexity index is 999. The maximum atomic E-state index is 13.0. The van der Waals surface area contributed by atoms with Gasteiger partial charge in [-0.2, -0.15) is 0 Å². The molecule has 0 N–H and O–H groups in total. The van der Waals surface area contributed by atoms with Gasteiger partial charge in [0, 0.05) is 16.9 Å². The van der Waals surface area contributed by atoms with Gasteiger partial charge in [0.25, 0.3) is 0 Å². The number of carbonyl (C=O) groups excluding carboxylic acids is 1. The lowest BCUT2D eigenvalue weighted by atomic mass is 9.75. The number of benzene rings is 1. The smallest absolute Gasteiger partial charge is 0.168 e. The Kier molecular flexibility index (Phi) is 5.38. The maximum absolute atomic E-state index is 13.0. The first kappa shape index (κ1) is 18.6. The normalized spacial score (nSPS) is 18.9. The molecule has 2 atom stereocenters. The molecule has 4 rings (SSSR count). The number of hydrogen-bond donors (Lipinski definition) is 0. The van der Waals surface area contributed by atoms with Gasteiger partial charge in [-0.1, -0.05) is 51.0 Å². The summed E-state index contributed by atoms with van der Waals surface area (Å²) in [5.74, 6) is 1.31. The van der Waals surface area contributed by atoms with E-state index in [1.165, 1.54) is 0 Å². The molecule has 2 heterocycles. The fourth-order valence-electron chi connectivity index (χ4n) is 4.02. The van der Waals surface area contributed by atoms with Crippen LogP contribution in [0.2, 0.25) is 0 Å². The molecular weight excluding hydrogens is 348 g/mol. The quantitative estimate of drug-likeness (QED) is 0.580. The van der Waals surface area contributed by atoms with Gasteiger partial charge in [-0.05, 0) is 37.0 Å². The zero-order valence-corrected chi connectivity index (χ0v) is 16.5. The van der Waals surface area contributed by atoms with Crippen molar-refractivity contribution in [2.45, 2.75) is 46.1 Å². The van der Waals surface area contributed by atoms with Gasteiger partial charge in [0.2, 0.25) is 0 Å². The Morgan fingerprint density at radius 3 is 2.89 bits per heavy atom. The molecule has 0 saturated heterocycles. The van der Waals surface area contributed by atoms with E-state index in [2.05, 4.69) is 29.9 Å². The minimum atomic E-state index is 0.103. The summed E-state index contributed by atoms with van der Waals surface area (Å²) < 4.78 is 5.92. The van der Waals surface area contributed by atoms with Crippen molar-refractivity contribution in [2.75, 3.05) is 0 Å². The van der Waals surface area contributed by atoms with Gasteiger partial charge in [-0.25, -0.2) is 4.98 Å². The largest absolute Gasteiger partial charge is 0.486 e. The SMILES string of the molecule is CCCC[C@@H]1C(=O)c2cc(OCc3ccc4ccccc4n3)cnc2C[C@H]1C. The average molecular weight is 374 g/mol. The van der Waals surface area contributed by atoms with E-state index in [1.807, 2.05) is 36.4 Å². The molecule has 4 heteroatoms. The number of rotatable bonds is 6. The highest BCUT2D eigenvalue weighted by atomic mass is 16.5. The number of nitrogens with zero attached hydrogens (tertiary/aromatic N) is 2. The standard InChI is InChI=1S/C24H26N2O2/c1-3-4-8-20-16(2)12-23-21(24(20)27)13-19(14-25-23)28-15-18-11-10-17-7-5-6-9-22(17)26-18/h5-7,9-11,13-14,16,20H,3-4,8,12,15H2,1-2H3/t16-,20+/m1/s1. The lowest BCUT2D eigenvalue weighted by Gasteiger charge is -2.29. The van der Waals surface area contributed by atoms with Crippen LogP contribution in [0.15, 0.2) is 48.7 Å². The number of para-hydroxylation sites is 1. The number of ketones is 1. The molecule has 0 fully saturated rings. The molecule has 28 heavy (non-hydrogen) atoms. The van der Waals surface area contributed by atoms with Crippen molar-refractivity contribution in [3.8, 4) is 5.75 Å². The molecule has 0 aliphatic heterocycles. The van der Waals surface area contributed by atoms with Gasteiger partial charge in [0.05, 0.1) is 23.1 Å². The molecule has 1 aromatic carbocycles. The molecule has 1 aliphatic rings. The van der Waals surface area contributed by atoms with Gasteiger partial charge >= 0.3 is 0 Å². The predicted octanol–water partition coefficient (Wildman–Crippen LogP) is 5.39. The van der Waals surface area contributed by atoms with E-state index >= 15 is 0 Å². The second kappa shape index (κ2) is 8.09. The summed E-state index contributed by atoms with van der Waals surface area (Å²) in [5.41, 5.74) is 3.46. The number of Topliss-reactive ketones (excluding diaryl/α,β-unsaturated/α-hetero) is 1. The van der Waals surface area contributed by atoms with Crippen LogP contribution in [0.25, 0.3) is 10.9 Å². The van der Waals surface area contributed by atoms with Crippen molar-refractivity contribution in [1.29, 1.82) is 0 Å². The first-order valence-corrected chi connectivity index (χ1v) is 10.2. The van der Waals surface area contributed by atoms with Crippen LogP contribution >= 0.6 is 0 Å². The van der Waals surface area contributed by atoms with E-state index in [0.717, 1.165) is 53.5 Å². The van der Waals surface area contributed by atoms with Gasteiger partial charge in [0.1, 0.15) is 12.4 Å². The molecule has 1 aliphatic carbocycles. The Morgan fingerprint density at radius 2 is 2.04 bits per heavy atom. The topological polar surface area (TPSA) is 52.1 Å². The summed E-state index contributed by atoms with van der Waals surface area (Å²) in [6.07, 6.45) is 5.76. The van der Waals surface area contributed by atoms with Crippen LogP contribution in [0.4, 0.5) is 0 Å². The highest BCUT2D eigenvalue weighted by Gasteiger charge is 2.33. The Morgan fingerprint density at radius 1 is 1.18 bits per heavy atom. The number of ether oxygens (including phenoxy) is 1. The van der Waals surface area contributed by atoms with Crippen molar-refractivity contribution in [3.63, 3.8) is 0 Å². The third kappa shape index (κ3) is 3.77. The monoisotopic (exact) mass is 374 g/mol. The molecule has 0 saturated carbocycles. The molecule has 0 amide bonds. The van der Waals surface area contributed by atoms with E-state index in [9.17, 15) is 4.79 Å². The van der Waals surface area contributed by atoms with Gasteiger partial charge in [0.15, 0.2) is 5.78 Å². The summed E-state index contributed by atoms with van der Waals surface area (Å²) in [6, 6.07) is 13.9. The number of carbonyl (C=O) groups is 1. The second-order valence-electron chi connectivity index (χ2n) is 7.74. The zero-order chi connectivity index (χ0) is 19.5.